The van der Waals surface area contributed by atoms with Crippen molar-refractivity contribution in [1.29, 1.82) is 0 Å². The van der Waals surface area contributed by atoms with Gasteiger partial charge in [0.25, 0.3) is 5.91 Å². The zero-order chi connectivity index (χ0) is 16.9. The van der Waals surface area contributed by atoms with Gasteiger partial charge in [-0.15, -0.1) is 0 Å². The van der Waals surface area contributed by atoms with Gasteiger partial charge in [0, 0.05) is 58.4 Å². The van der Waals surface area contributed by atoms with E-state index in [0.717, 1.165) is 12.8 Å². The van der Waals surface area contributed by atoms with Gasteiger partial charge in [-0.25, -0.2) is 9.97 Å². The Bertz CT molecular complexity index is 609. The van der Waals surface area contributed by atoms with Crippen molar-refractivity contribution in [2.24, 2.45) is 0 Å². The van der Waals surface area contributed by atoms with E-state index in [1.54, 1.807) is 20.8 Å². The highest BCUT2D eigenvalue weighted by Crippen LogP contribution is 2.15. The molecule has 0 spiro atoms. The van der Waals surface area contributed by atoms with Crippen LogP contribution in [-0.4, -0.2) is 95.8 Å². The van der Waals surface area contributed by atoms with Gasteiger partial charge in [0.05, 0.1) is 0 Å². The van der Waals surface area contributed by atoms with Crippen LogP contribution >= 0.6 is 0 Å². The number of carbonyl (C=O) groups excluding carboxylic acids is 3. The number of rotatable bonds is 4. The second-order valence-corrected chi connectivity index (χ2v) is 5.82. The Balaban J connectivity index is 1.66. The Kier molecular flexibility index (Phi) is 4.88. The zero-order valence-corrected chi connectivity index (χ0v) is 13.4. The summed E-state index contributed by atoms with van der Waals surface area (Å²) in [4.78, 5) is 49.6. The number of anilines is 1. The molecule has 0 aliphatic carbocycles. The van der Waals surface area contributed by atoms with Crippen LogP contribution in [0.2, 0.25) is 0 Å². The Labute approximate surface area is 139 Å². The fourth-order valence-electron chi connectivity index (χ4n) is 2.89. The van der Waals surface area contributed by atoms with E-state index in [1.165, 1.54) is 6.33 Å². The monoisotopic (exact) mass is 332 g/mol. The van der Waals surface area contributed by atoms with Crippen molar-refractivity contribution in [3.05, 3.63) is 18.1 Å². The Morgan fingerprint density at radius 3 is 2.04 bits per heavy atom. The summed E-state index contributed by atoms with van der Waals surface area (Å²) in [5.74, 6) is 0.557. The van der Waals surface area contributed by atoms with Crippen LogP contribution in [-0.2, 0) is 9.59 Å². The molecule has 1 aromatic rings. The largest absolute Gasteiger partial charge is 0.353 e. The van der Waals surface area contributed by atoms with Crippen LogP contribution < -0.4 is 4.90 Å². The lowest BCUT2D eigenvalue weighted by Crippen LogP contribution is -2.48. The highest BCUT2D eigenvalue weighted by Gasteiger charge is 2.24. The molecule has 3 amide bonds. The van der Waals surface area contributed by atoms with Gasteiger partial charge in [-0.3, -0.25) is 14.4 Å². The van der Waals surface area contributed by atoms with Gasteiger partial charge in [-0.05, 0) is 0 Å². The molecule has 1 aromatic heterocycles. The number of carbonyl (C=O) groups is 3. The van der Waals surface area contributed by atoms with Gasteiger partial charge in [0.2, 0.25) is 12.8 Å². The Morgan fingerprint density at radius 2 is 1.46 bits per heavy atom. The molecule has 3 rings (SSSR count). The molecular weight excluding hydrogens is 312 g/mol. The zero-order valence-electron chi connectivity index (χ0n) is 13.4. The molecule has 9 nitrogen and oxygen atoms in total. The minimum atomic E-state index is -0.143. The molecule has 0 atom stereocenters. The Morgan fingerprint density at radius 1 is 0.875 bits per heavy atom. The summed E-state index contributed by atoms with van der Waals surface area (Å²) < 4.78 is 0. The molecule has 0 N–H and O–H groups in total. The molecule has 0 aromatic carbocycles. The van der Waals surface area contributed by atoms with Gasteiger partial charge in [0.15, 0.2) is 0 Å². The summed E-state index contributed by atoms with van der Waals surface area (Å²) in [5, 5.41) is 0. The van der Waals surface area contributed by atoms with Gasteiger partial charge < -0.3 is 19.6 Å². The predicted molar refractivity (Wildman–Crippen MR) is 85.4 cm³/mol. The van der Waals surface area contributed by atoms with Crippen molar-refractivity contribution < 1.29 is 14.4 Å². The molecule has 2 saturated heterocycles. The summed E-state index contributed by atoms with van der Waals surface area (Å²) >= 11 is 0. The third-order valence-electron chi connectivity index (χ3n) is 4.41. The molecule has 0 bridgehead atoms. The van der Waals surface area contributed by atoms with E-state index in [1.807, 2.05) is 4.90 Å². The SMILES string of the molecule is O=CN1CCN(C(=O)c2cc(N3CCN(C=O)CC3)ncn2)CC1. The van der Waals surface area contributed by atoms with Crippen molar-refractivity contribution in [2.45, 2.75) is 0 Å². The van der Waals surface area contributed by atoms with Crippen LogP contribution in [0.15, 0.2) is 12.4 Å². The van der Waals surface area contributed by atoms with Crippen molar-refractivity contribution in [3.8, 4) is 0 Å². The maximum atomic E-state index is 12.6. The first kappa shape index (κ1) is 16.2. The maximum Gasteiger partial charge on any atom is 0.272 e. The lowest BCUT2D eigenvalue weighted by Gasteiger charge is -2.34. The van der Waals surface area contributed by atoms with E-state index in [0.29, 0.717) is 63.9 Å². The van der Waals surface area contributed by atoms with Gasteiger partial charge in [-0.1, -0.05) is 0 Å². The van der Waals surface area contributed by atoms with Gasteiger partial charge in [-0.2, -0.15) is 0 Å². The van der Waals surface area contributed by atoms with Crippen molar-refractivity contribution in [2.75, 3.05) is 57.3 Å². The molecule has 0 unspecified atom stereocenters. The highest BCUT2D eigenvalue weighted by atomic mass is 16.2. The average molecular weight is 332 g/mol. The first-order valence-corrected chi connectivity index (χ1v) is 7.96. The third-order valence-corrected chi connectivity index (χ3v) is 4.41. The summed E-state index contributed by atoms with van der Waals surface area (Å²) in [7, 11) is 0. The highest BCUT2D eigenvalue weighted by molar-refractivity contribution is 5.93. The molecule has 2 fully saturated rings. The van der Waals surface area contributed by atoms with Crippen LogP contribution in [0.1, 0.15) is 10.5 Å². The number of hydrogen-bond acceptors (Lipinski definition) is 6. The fourth-order valence-corrected chi connectivity index (χ4v) is 2.89. The van der Waals surface area contributed by atoms with Crippen molar-refractivity contribution >= 4 is 24.5 Å². The van der Waals surface area contributed by atoms with Crippen molar-refractivity contribution in [1.82, 2.24) is 24.7 Å². The molecule has 0 radical (unpaired) electrons. The minimum absolute atomic E-state index is 0.143. The first-order chi connectivity index (χ1) is 11.7. The van der Waals surface area contributed by atoms with E-state index in [4.69, 9.17) is 0 Å². The van der Waals surface area contributed by atoms with E-state index >= 15 is 0 Å². The normalized spacial score (nSPS) is 18.5. The fraction of sp³-hybridized carbons (Fsp3) is 0.533. The third kappa shape index (κ3) is 3.44. The number of hydrogen-bond donors (Lipinski definition) is 0. The van der Waals surface area contributed by atoms with E-state index < -0.39 is 0 Å². The van der Waals surface area contributed by atoms with E-state index in [-0.39, 0.29) is 5.91 Å². The number of amides is 3. The van der Waals surface area contributed by atoms with Crippen LogP contribution in [0.4, 0.5) is 5.82 Å². The van der Waals surface area contributed by atoms with E-state index in [2.05, 4.69) is 9.97 Å². The number of piperazine rings is 2. The molecule has 2 aliphatic heterocycles. The minimum Gasteiger partial charge on any atom is -0.353 e. The number of aromatic nitrogens is 2. The molecule has 128 valence electrons. The Hall–Kier alpha value is -2.71. The second kappa shape index (κ2) is 7.24. The number of nitrogens with zero attached hydrogens (tertiary/aromatic N) is 6. The second-order valence-electron chi connectivity index (χ2n) is 5.82. The van der Waals surface area contributed by atoms with Crippen molar-refractivity contribution in [3.63, 3.8) is 0 Å². The average Bonchev–Trinajstić information content (AvgIpc) is 2.67. The first-order valence-electron chi connectivity index (χ1n) is 7.96. The molecule has 24 heavy (non-hydrogen) atoms. The van der Waals surface area contributed by atoms with Gasteiger partial charge in [0.1, 0.15) is 17.8 Å². The van der Waals surface area contributed by atoms with Crippen LogP contribution in [0.25, 0.3) is 0 Å². The van der Waals surface area contributed by atoms with Crippen LogP contribution in [0, 0.1) is 0 Å². The van der Waals surface area contributed by atoms with Gasteiger partial charge >= 0.3 is 0 Å². The molecular formula is C15H20N6O3. The molecule has 3 heterocycles. The topological polar surface area (TPSA) is 90.0 Å². The summed E-state index contributed by atoms with van der Waals surface area (Å²) in [6, 6.07) is 1.70. The van der Waals surface area contributed by atoms with Crippen LogP contribution in [0.5, 0.6) is 0 Å². The summed E-state index contributed by atoms with van der Waals surface area (Å²) in [5.41, 5.74) is 0.359. The molecule has 9 heteroatoms. The summed E-state index contributed by atoms with van der Waals surface area (Å²) in [6.45, 7) is 4.75. The summed E-state index contributed by atoms with van der Waals surface area (Å²) in [6.07, 6.45) is 3.06. The standard InChI is InChI=1S/C15H20N6O3/c22-11-18-1-5-20(6-2-18)14-9-13(16-10-17-14)15(24)21-7-3-19(12-23)4-8-21/h9-12H,1-8H2. The lowest BCUT2D eigenvalue weighted by molar-refractivity contribution is -0.119. The quantitative estimate of drug-likeness (QED) is 0.635. The molecule has 0 saturated carbocycles. The predicted octanol–water partition coefficient (Wildman–Crippen LogP) is -1.33. The van der Waals surface area contributed by atoms with Crippen LogP contribution in [0.3, 0.4) is 0 Å². The lowest BCUT2D eigenvalue weighted by atomic mass is 10.2. The smallest absolute Gasteiger partial charge is 0.272 e. The molecule has 2 aliphatic rings. The van der Waals surface area contributed by atoms with E-state index in [9.17, 15) is 14.4 Å². The maximum absolute atomic E-state index is 12.6.